The first-order valence-electron chi connectivity index (χ1n) is 10.1. The molecule has 3 heterocycles. The van der Waals surface area contributed by atoms with Crippen LogP contribution in [0, 0.1) is 11.8 Å². The van der Waals surface area contributed by atoms with E-state index in [2.05, 4.69) is 19.9 Å². The Balaban J connectivity index is 1.37. The van der Waals surface area contributed by atoms with Gasteiger partial charge >= 0.3 is 0 Å². The van der Waals surface area contributed by atoms with Gasteiger partial charge in [0.05, 0.1) is 11.1 Å². The minimum Gasteiger partial charge on any atom is -0.474 e. The largest absolute Gasteiger partial charge is 0.474 e. The molecule has 0 radical (unpaired) electrons. The zero-order valence-electron chi connectivity index (χ0n) is 16.2. The lowest BCUT2D eigenvalue weighted by atomic mass is 9.98. The summed E-state index contributed by atoms with van der Waals surface area (Å²) in [5.74, 6) is -0.152. The molecule has 0 aliphatic heterocycles. The van der Waals surface area contributed by atoms with Gasteiger partial charge in [-0.25, -0.2) is 14.4 Å². The quantitative estimate of drug-likeness (QED) is 0.443. The number of aromatic nitrogens is 4. The summed E-state index contributed by atoms with van der Waals surface area (Å²) in [5, 5.41) is 0. The molecule has 1 aliphatic carbocycles. The van der Waals surface area contributed by atoms with Gasteiger partial charge in [-0.1, -0.05) is 12.5 Å². The third kappa shape index (κ3) is 3.75. The van der Waals surface area contributed by atoms with Gasteiger partial charge in [0.1, 0.15) is 17.7 Å². The Hall–Kier alpha value is -3.35. The fourth-order valence-electron chi connectivity index (χ4n) is 3.86. The molecule has 3 aromatic heterocycles. The molecule has 152 valence electrons. The normalized spacial score (nSPS) is 14.9. The van der Waals surface area contributed by atoms with Crippen molar-refractivity contribution in [2.45, 2.75) is 38.2 Å². The third-order valence-electron chi connectivity index (χ3n) is 5.45. The summed E-state index contributed by atoms with van der Waals surface area (Å²) >= 11 is 0. The number of rotatable bonds is 4. The number of pyridine rings is 2. The van der Waals surface area contributed by atoms with Crippen molar-refractivity contribution in [3.63, 3.8) is 0 Å². The number of H-pyrrole nitrogens is 1. The number of hydrogen-bond acceptors (Lipinski definition) is 4. The Morgan fingerprint density at radius 3 is 2.50 bits per heavy atom. The molecule has 1 aromatic carbocycles. The molecule has 0 bridgehead atoms. The fraction of sp³-hybridized carbons (Fsp3) is 0.261. The molecule has 1 N–H and O–H groups in total. The van der Waals surface area contributed by atoms with Crippen LogP contribution in [0.2, 0.25) is 0 Å². The maximum absolute atomic E-state index is 14.8. The van der Waals surface area contributed by atoms with E-state index in [1.165, 1.54) is 37.5 Å². The van der Waals surface area contributed by atoms with Crippen LogP contribution in [0.25, 0.3) is 33.7 Å². The van der Waals surface area contributed by atoms with E-state index in [4.69, 9.17) is 4.74 Å². The van der Waals surface area contributed by atoms with Crippen LogP contribution < -0.4 is 4.74 Å². The van der Waals surface area contributed by atoms with Crippen LogP contribution in [0.3, 0.4) is 0 Å². The van der Waals surface area contributed by atoms with Crippen molar-refractivity contribution in [1.82, 2.24) is 19.9 Å². The molecule has 0 saturated heterocycles. The predicted molar refractivity (Wildman–Crippen MR) is 110 cm³/mol. The van der Waals surface area contributed by atoms with Crippen molar-refractivity contribution < 1.29 is 13.5 Å². The molecule has 1 aliphatic rings. The van der Waals surface area contributed by atoms with Gasteiger partial charge in [-0.05, 0) is 61.6 Å². The SMILES string of the molecule is Fc1ccc2[nH]c(-c3ccc(-c4ccc(OC5CCCCC5)nc4)cc3F)nc2n1. The number of benzene rings is 1. The van der Waals surface area contributed by atoms with E-state index < -0.39 is 11.8 Å². The molecule has 5 rings (SSSR count). The van der Waals surface area contributed by atoms with Gasteiger partial charge in [0.25, 0.3) is 0 Å². The van der Waals surface area contributed by atoms with E-state index in [1.807, 2.05) is 12.1 Å². The highest BCUT2D eigenvalue weighted by Gasteiger charge is 2.16. The van der Waals surface area contributed by atoms with Crippen LogP contribution in [0.4, 0.5) is 8.78 Å². The first kappa shape index (κ1) is 18.7. The minimum absolute atomic E-state index is 0.214. The summed E-state index contributed by atoms with van der Waals surface area (Å²) in [5.41, 5.74) is 2.55. The summed E-state index contributed by atoms with van der Waals surface area (Å²) in [7, 11) is 0. The summed E-state index contributed by atoms with van der Waals surface area (Å²) in [6, 6.07) is 11.4. The second-order valence-electron chi connectivity index (χ2n) is 7.55. The van der Waals surface area contributed by atoms with Gasteiger partial charge in [0, 0.05) is 17.8 Å². The van der Waals surface area contributed by atoms with Crippen molar-refractivity contribution in [1.29, 1.82) is 0 Å². The topological polar surface area (TPSA) is 63.7 Å². The Labute approximate surface area is 172 Å². The van der Waals surface area contributed by atoms with Crippen molar-refractivity contribution in [2.24, 2.45) is 0 Å². The maximum Gasteiger partial charge on any atom is 0.215 e. The lowest BCUT2D eigenvalue weighted by Crippen LogP contribution is -2.20. The first-order chi connectivity index (χ1) is 14.7. The van der Waals surface area contributed by atoms with Crippen molar-refractivity contribution >= 4 is 11.2 Å². The van der Waals surface area contributed by atoms with Gasteiger partial charge in [-0.15, -0.1) is 0 Å². The molecule has 1 fully saturated rings. The highest BCUT2D eigenvalue weighted by molar-refractivity contribution is 5.76. The lowest BCUT2D eigenvalue weighted by molar-refractivity contribution is 0.148. The number of imidazole rings is 1. The Bertz CT molecular complexity index is 1180. The third-order valence-corrected chi connectivity index (χ3v) is 5.45. The molecular formula is C23H20F2N4O. The molecule has 1 saturated carbocycles. The number of nitrogens with zero attached hydrogens (tertiary/aromatic N) is 3. The average molecular weight is 406 g/mol. The Morgan fingerprint density at radius 1 is 0.900 bits per heavy atom. The van der Waals surface area contributed by atoms with Crippen LogP contribution in [-0.4, -0.2) is 26.0 Å². The summed E-state index contributed by atoms with van der Waals surface area (Å²) < 4.78 is 34.0. The molecular weight excluding hydrogens is 386 g/mol. The van der Waals surface area contributed by atoms with Crippen molar-refractivity contribution in [3.8, 4) is 28.4 Å². The first-order valence-corrected chi connectivity index (χ1v) is 10.1. The fourth-order valence-corrected chi connectivity index (χ4v) is 3.86. The monoisotopic (exact) mass is 406 g/mol. The van der Waals surface area contributed by atoms with Crippen LogP contribution in [0.15, 0.2) is 48.7 Å². The second kappa shape index (κ2) is 7.82. The molecule has 0 spiro atoms. The number of hydrogen-bond donors (Lipinski definition) is 1. The van der Waals surface area contributed by atoms with Crippen molar-refractivity contribution in [3.05, 3.63) is 60.4 Å². The van der Waals surface area contributed by atoms with E-state index >= 15 is 0 Å². The Morgan fingerprint density at radius 2 is 1.73 bits per heavy atom. The van der Waals surface area contributed by atoms with Crippen LogP contribution in [0.5, 0.6) is 5.88 Å². The van der Waals surface area contributed by atoms with Gasteiger partial charge in [0.15, 0.2) is 5.65 Å². The molecule has 5 nitrogen and oxygen atoms in total. The number of aromatic amines is 1. The molecule has 30 heavy (non-hydrogen) atoms. The summed E-state index contributed by atoms with van der Waals surface area (Å²) in [4.78, 5) is 15.3. The average Bonchev–Trinajstić information content (AvgIpc) is 3.18. The smallest absolute Gasteiger partial charge is 0.215 e. The molecule has 0 amide bonds. The van der Waals surface area contributed by atoms with E-state index in [1.54, 1.807) is 18.3 Å². The van der Waals surface area contributed by atoms with E-state index in [0.717, 1.165) is 18.4 Å². The minimum atomic E-state index is -0.625. The summed E-state index contributed by atoms with van der Waals surface area (Å²) in [6.07, 6.45) is 7.74. The summed E-state index contributed by atoms with van der Waals surface area (Å²) in [6.45, 7) is 0. The number of nitrogens with one attached hydrogen (secondary N) is 1. The zero-order chi connectivity index (χ0) is 20.5. The second-order valence-corrected chi connectivity index (χ2v) is 7.55. The lowest BCUT2D eigenvalue weighted by Gasteiger charge is -2.22. The molecule has 4 aromatic rings. The van der Waals surface area contributed by atoms with E-state index in [0.29, 0.717) is 28.3 Å². The predicted octanol–water partition coefficient (Wildman–Crippen LogP) is 5.68. The number of ether oxygens (including phenoxy) is 1. The van der Waals surface area contributed by atoms with Gasteiger partial charge < -0.3 is 9.72 Å². The van der Waals surface area contributed by atoms with Crippen LogP contribution >= 0.6 is 0 Å². The molecule has 0 unspecified atom stereocenters. The van der Waals surface area contributed by atoms with E-state index in [-0.39, 0.29) is 11.8 Å². The highest BCUT2D eigenvalue weighted by Crippen LogP contribution is 2.29. The number of halogens is 2. The maximum atomic E-state index is 14.8. The van der Waals surface area contributed by atoms with E-state index in [9.17, 15) is 8.78 Å². The van der Waals surface area contributed by atoms with Crippen LogP contribution in [0.1, 0.15) is 32.1 Å². The van der Waals surface area contributed by atoms with Gasteiger partial charge in [0.2, 0.25) is 11.8 Å². The van der Waals surface area contributed by atoms with Gasteiger partial charge in [-0.3, -0.25) is 0 Å². The molecule has 0 atom stereocenters. The number of fused-ring (bicyclic) bond motifs is 1. The molecule has 7 heteroatoms. The Kier molecular flexibility index (Phi) is 4.86. The van der Waals surface area contributed by atoms with Gasteiger partial charge in [-0.2, -0.15) is 9.37 Å². The van der Waals surface area contributed by atoms with Crippen molar-refractivity contribution in [2.75, 3.05) is 0 Å². The standard InChI is InChI=1S/C23H20F2N4O/c24-18-12-14(15-7-11-21(26-13-15)30-16-4-2-1-3-5-16)6-8-17(18)22-27-19-9-10-20(25)28-23(19)29-22/h6-13,16H,1-5H2,(H,27,28,29). The zero-order valence-corrected chi connectivity index (χ0v) is 16.2. The van der Waals surface area contributed by atoms with Crippen LogP contribution in [-0.2, 0) is 0 Å². The highest BCUT2D eigenvalue weighted by atomic mass is 19.1.